The van der Waals surface area contributed by atoms with Crippen molar-refractivity contribution in [3.63, 3.8) is 0 Å². The van der Waals surface area contributed by atoms with Gasteiger partial charge in [-0.15, -0.1) is 0 Å². The quantitative estimate of drug-likeness (QED) is 0.414. The van der Waals surface area contributed by atoms with E-state index in [1.54, 1.807) is 18.2 Å². The maximum absolute atomic E-state index is 12.3. The molecule has 0 saturated carbocycles. The van der Waals surface area contributed by atoms with Crippen molar-refractivity contribution in [2.75, 3.05) is 27.3 Å². The van der Waals surface area contributed by atoms with Gasteiger partial charge in [0.2, 0.25) is 15.8 Å². The van der Waals surface area contributed by atoms with Crippen LogP contribution in [0.2, 0.25) is 0 Å². The van der Waals surface area contributed by atoms with E-state index < -0.39 is 16.0 Å². The van der Waals surface area contributed by atoms with Crippen molar-refractivity contribution in [1.82, 2.24) is 4.31 Å². The molecule has 3 aromatic rings. The number of esters is 1. The number of ether oxygens (including phenoxy) is 2. The zero-order chi connectivity index (χ0) is 20.9. The topological polar surface area (TPSA) is 86.0 Å². The van der Waals surface area contributed by atoms with Crippen molar-refractivity contribution in [2.45, 2.75) is 4.90 Å². The van der Waals surface area contributed by atoms with Gasteiger partial charge in [-0.3, -0.25) is 0 Å². The van der Waals surface area contributed by atoms with Gasteiger partial charge in [0.25, 0.3) is 0 Å². The van der Waals surface area contributed by atoms with Crippen LogP contribution < -0.4 is 4.74 Å². The van der Waals surface area contributed by atoms with Gasteiger partial charge in [-0.1, -0.05) is 30.3 Å². The summed E-state index contributed by atoms with van der Waals surface area (Å²) in [6.45, 7) is 0.137. The highest BCUT2D eigenvalue weighted by atomic mass is 32.2. The summed E-state index contributed by atoms with van der Waals surface area (Å²) in [6.07, 6.45) is 1.44. The minimum atomic E-state index is -3.48. The average Bonchev–Trinajstić information content (AvgIpc) is 3.22. The van der Waals surface area contributed by atoms with Crippen LogP contribution >= 0.6 is 0 Å². The molecule has 0 fully saturated rings. The number of nitrogens with zero attached hydrogens (tertiary/aromatic N) is 1. The molecule has 29 heavy (non-hydrogen) atoms. The van der Waals surface area contributed by atoms with E-state index in [1.807, 2.05) is 30.3 Å². The monoisotopic (exact) mass is 415 g/mol. The second kappa shape index (κ2) is 8.93. The van der Waals surface area contributed by atoms with E-state index >= 15 is 0 Å². The van der Waals surface area contributed by atoms with E-state index in [9.17, 15) is 13.2 Å². The van der Waals surface area contributed by atoms with E-state index in [2.05, 4.69) is 0 Å². The van der Waals surface area contributed by atoms with Crippen LogP contribution in [-0.4, -0.2) is 46.0 Å². The Hall–Kier alpha value is -3.10. The lowest BCUT2D eigenvalue weighted by Gasteiger charge is -2.12. The van der Waals surface area contributed by atoms with Crippen molar-refractivity contribution in [3.05, 3.63) is 72.7 Å². The normalized spacial score (nSPS) is 11.4. The number of carbonyl (C=O) groups excluding carboxylic acids is 1. The molecule has 8 heteroatoms. The van der Waals surface area contributed by atoms with Gasteiger partial charge in [0.15, 0.2) is 0 Å². The first-order chi connectivity index (χ1) is 13.9. The van der Waals surface area contributed by atoms with Crippen LogP contribution in [0.25, 0.3) is 11.1 Å². The van der Waals surface area contributed by atoms with Crippen LogP contribution in [0.4, 0.5) is 0 Å². The molecule has 2 aromatic carbocycles. The molecule has 0 radical (unpaired) electrons. The summed E-state index contributed by atoms with van der Waals surface area (Å²) in [7, 11) is -0.547. The molecular formula is C21H21NO6S. The fraction of sp³-hybridized carbons (Fsp3) is 0.190. The first kappa shape index (κ1) is 20.6. The maximum atomic E-state index is 12.3. The summed E-state index contributed by atoms with van der Waals surface area (Å²) in [5.74, 6) is 0.0288. The van der Waals surface area contributed by atoms with Gasteiger partial charge in [-0.2, -0.15) is 0 Å². The number of rotatable bonds is 8. The number of hydrogen-bond donors (Lipinski definition) is 0. The minimum absolute atomic E-state index is 0.0194. The lowest BCUT2D eigenvalue weighted by atomic mass is 10.1. The number of hydrogen-bond acceptors (Lipinski definition) is 6. The molecule has 152 valence electrons. The van der Waals surface area contributed by atoms with Gasteiger partial charge < -0.3 is 13.9 Å². The SMILES string of the molecule is CN(C)S(=O)(=O)c1ccc(OCCOC(=O)c2occc2-c2ccccc2)cc1. The van der Waals surface area contributed by atoms with Crippen LogP contribution in [0.1, 0.15) is 10.6 Å². The van der Waals surface area contributed by atoms with Gasteiger partial charge in [0.1, 0.15) is 19.0 Å². The molecule has 0 aliphatic rings. The Morgan fingerprint density at radius 2 is 1.66 bits per heavy atom. The van der Waals surface area contributed by atoms with E-state index in [0.29, 0.717) is 11.3 Å². The molecule has 3 rings (SSSR count). The highest BCUT2D eigenvalue weighted by Crippen LogP contribution is 2.25. The molecule has 1 heterocycles. The third-order valence-electron chi connectivity index (χ3n) is 4.12. The van der Waals surface area contributed by atoms with E-state index in [0.717, 1.165) is 9.87 Å². The third kappa shape index (κ3) is 4.85. The number of furan rings is 1. The summed E-state index contributed by atoms with van der Waals surface area (Å²) in [4.78, 5) is 12.5. The molecule has 0 aliphatic heterocycles. The maximum Gasteiger partial charge on any atom is 0.375 e. The number of sulfonamides is 1. The lowest BCUT2D eigenvalue weighted by Crippen LogP contribution is -2.22. The van der Waals surface area contributed by atoms with Crippen LogP contribution in [-0.2, 0) is 14.8 Å². The van der Waals surface area contributed by atoms with Gasteiger partial charge in [0, 0.05) is 19.7 Å². The highest BCUT2D eigenvalue weighted by molar-refractivity contribution is 7.89. The zero-order valence-electron chi connectivity index (χ0n) is 16.1. The molecular weight excluding hydrogens is 394 g/mol. The smallest absolute Gasteiger partial charge is 0.375 e. The highest BCUT2D eigenvalue weighted by Gasteiger charge is 2.18. The zero-order valence-corrected chi connectivity index (χ0v) is 16.9. The average molecular weight is 415 g/mol. The first-order valence-electron chi connectivity index (χ1n) is 8.85. The van der Waals surface area contributed by atoms with Crippen LogP contribution in [0.5, 0.6) is 5.75 Å². The van der Waals surface area contributed by atoms with Crippen molar-refractivity contribution >= 4 is 16.0 Å². The Morgan fingerprint density at radius 3 is 2.31 bits per heavy atom. The fourth-order valence-electron chi connectivity index (χ4n) is 2.59. The van der Waals surface area contributed by atoms with Crippen molar-refractivity contribution in [1.29, 1.82) is 0 Å². The largest absolute Gasteiger partial charge is 0.490 e. The van der Waals surface area contributed by atoms with Crippen molar-refractivity contribution in [3.8, 4) is 16.9 Å². The van der Waals surface area contributed by atoms with Crippen molar-refractivity contribution in [2.24, 2.45) is 0 Å². The summed E-state index contributed by atoms with van der Waals surface area (Å²) in [5.41, 5.74) is 1.52. The second-order valence-corrected chi connectivity index (χ2v) is 8.42. The molecule has 0 amide bonds. The Bertz CT molecular complexity index is 1060. The predicted octanol–water partition coefficient (Wildman–Crippen LogP) is 3.43. The van der Waals surface area contributed by atoms with E-state index in [4.69, 9.17) is 13.9 Å². The Labute approximate surface area is 169 Å². The minimum Gasteiger partial charge on any atom is -0.490 e. The summed E-state index contributed by atoms with van der Waals surface area (Å²) >= 11 is 0. The fourth-order valence-corrected chi connectivity index (χ4v) is 3.49. The molecule has 0 unspecified atom stereocenters. The van der Waals surface area contributed by atoms with Crippen LogP contribution in [0.3, 0.4) is 0 Å². The van der Waals surface area contributed by atoms with Crippen LogP contribution in [0, 0.1) is 0 Å². The molecule has 0 spiro atoms. The van der Waals surface area contributed by atoms with Crippen molar-refractivity contribution < 1.29 is 27.1 Å². The predicted molar refractivity (Wildman–Crippen MR) is 107 cm³/mol. The number of carbonyl (C=O) groups is 1. The summed E-state index contributed by atoms with van der Waals surface area (Å²) < 4.78 is 41.2. The van der Waals surface area contributed by atoms with Gasteiger partial charge >= 0.3 is 5.97 Å². The summed E-state index contributed by atoms with van der Waals surface area (Å²) in [5, 5.41) is 0. The third-order valence-corrected chi connectivity index (χ3v) is 5.95. The van der Waals surface area contributed by atoms with E-state index in [-0.39, 0.29) is 23.9 Å². The van der Waals surface area contributed by atoms with Crippen LogP contribution in [0.15, 0.2) is 76.2 Å². The van der Waals surface area contributed by atoms with E-state index in [1.165, 1.54) is 32.5 Å². The van der Waals surface area contributed by atoms with Gasteiger partial charge in [0.05, 0.1) is 11.2 Å². The lowest BCUT2D eigenvalue weighted by molar-refractivity contribution is 0.0416. The second-order valence-electron chi connectivity index (χ2n) is 6.27. The first-order valence-corrected chi connectivity index (χ1v) is 10.3. The molecule has 0 saturated heterocycles. The number of benzene rings is 2. The molecule has 0 bridgehead atoms. The Morgan fingerprint density at radius 1 is 0.966 bits per heavy atom. The Balaban J connectivity index is 1.53. The molecule has 7 nitrogen and oxygen atoms in total. The molecule has 0 N–H and O–H groups in total. The Kier molecular flexibility index (Phi) is 6.36. The van der Waals surface area contributed by atoms with Gasteiger partial charge in [-0.05, 0) is 35.9 Å². The molecule has 0 aliphatic carbocycles. The standard InChI is InChI=1S/C21H21NO6S/c1-22(2)29(24,25)18-10-8-17(9-11-18)26-14-15-28-21(23)20-19(12-13-27-20)16-6-4-3-5-7-16/h3-13H,14-15H2,1-2H3. The summed E-state index contributed by atoms with van der Waals surface area (Å²) in [6, 6.07) is 17.2. The van der Waals surface area contributed by atoms with Gasteiger partial charge in [-0.25, -0.2) is 17.5 Å². The molecule has 0 atom stereocenters. The molecule has 1 aromatic heterocycles.